The summed E-state index contributed by atoms with van der Waals surface area (Å²) in [7, 11) is -4.15. The van der Waals surface area contributed by atoms with Crippen molar-refractivity contribution in [3.63, 3.8) is 0 Å². The quantitative estimate of drug-likeness (QED) is 0.567. The first kappa shape index (κ1) is 22.0. The van der Waals surface area contributed by atoms with Crippen LogP contribution in [-0.4, -0.2) is 48.0 Å². The third-order valence-electron chi connectivity index (χ3n) is 5.08. The van der Waals surface area contributed by atoms with Crippen LogP contribution in [0.25, 0.3) is 5.69 Å². The van der Waals surface area contributed by atoms with Gasteiger partial charge in [0.15, 0.2) is 0 Å². The second kappa shape index (κ2) is 8.73. The molecule has 2 aromatic carbocycles. The molecule has 1 aliphatic heterocycles. The van der Waals surface area contributed by atoms with E-state index >= 15 is 0 Å². The van der Waals surface area contributed by atoms with Crippen molar-refractivity contribution in [1.82, 2.24) is 14.7 Å². The van der Waals surface area contributed by atoms with Crippen molar-refractivity contribution in [1.29, 1.82) is 0 Å². The smallest absolute Gasteiger partial charge is 0.257 e. The summed E-state index contributed by atoms with van der Waals surface area (Å²) in [6, 6.07) is 11.2. The number of anilines is 1. The molecule has 4 rings (SSSR count). The number of nitrogens with two attached hydrogens (primary N) is 1. The number of carbonyl (C=O) groups excluding carboxylic acids is 2. The Morgan fingerprint density at radius 3 is 2.56 bits per heavy atom. The van der Waals surface area contributed by atoms with E-state index in [0.717, 1.165) is 6.42 Å². The number of aromatic nitrogens is 2. The largest absolute Gasteiger partial charge is 0.338 e. The number of carbonyl (C=O) groups is 2. The molecule has 2 heterocycles. The summed E-state index contributed by atoms with van der Waals surface area (Å²) in [5, 5.41) is 12.7. The zero-order valence-corrected chi connectivity index (χ0v) is 18.4. The number of sulfonamides is 1. The highest BCUT2D eigenvalue weighted by Gasteiger charge is 2.24. The predicted molar refractivity (Wildman–Crippen MR) is 119 cm³/mol. The summed E-state index contributed by atoms with van der Waals surface area (Å²) >= 11 is 6.09. The number of rotatable bonds is 6. The molecule has 9 nitrogen and oxygen atoms in total. The monoisotopic (exact) mass is 473 g/mol. The maximum Gasteiger partial charge on any atom is 0.257 e. The molecule has 0 atom stereocenters. The van der Waals surface area contributed by atoms with Gasteiger partial charge in [-0.25, -0.2) is 18.2 Å². The van der Waals surface area contributed by atoms with Crippen LogP contribution in [-0.2, 0) is 21.2 Å². The molecule has 1 saturated heterocycles. The Morgan fingerprint density at radius 1 is 1.16 bits per heavy atom. The summed E-state index contributed by atoms with van der Waals surface area (Å²) in [6.07, 6.45) is 3.82. The molecule has 1 fully saturated rings. The van der Waals surface area contributed by atoms with Gasteiger partial charge in [-0.3, -0.25) is 9.59 Å². The van der Waals surface area contributed by atoms with Gasteiger partial charge in [0.2, 0.25) is 15.9 Å². The maximum atomic E-state index is 12.4. The van der Waals surface area contributed by atoms with Crippen LogP contribution in [0.2, 0.25) is 5.02 Å². The Bertz CT molecular complexity index is 1300. The standard InChI is InChI=1S/C21H20ClN5O4S/c22-17-5-2-1-4-14(17)10-20(28)25-16-6-7-18(19(11-16)32(23,30)31)27-13-15(12-24-27)21(29)26-8-3-9-26/h1-2,4-7,11-13H,3,8-10H2,(H,25,28)(H2,23,30,31). The molecule has 32 heavy (non-hydrogen) atoms. The fraction of sp³-hybridized carbons (Fsp3) is 0.190. The highest BCUT2D eigenvalue weighted by molar-refractivity contribution is 7.89. The van der Waals surface area contributed by atoms with E-state index in [2.05, 4.69) is 10.4 Å². The van der Waals surface area contributed by atoms with Gasteiger partial charge < -0.3 is 10.2 Å². The van der Waals surface area contributed by atoms with Crippen LogP contribution in [0.15, 0.2) is 59.8 Å². The number of primary sulfonamides is 1. The minimum absolute atomic E-state index is 0.0211. The minimum atomic E-state index is -4.15. The lowest BCUT2D eigenvalue weighted by Gasteiger charge is -2.30. The van der Waals surface area contributed by atoms with Crippen molar-refractivity contribution in [3.8, 4) is 5.69 Å². The lowest BCUT2D eigenvalue weighted by atomic mass is 10.1. The number of halogens is 1. The molecule has 0 spiro atoms. The highest BCUT2D eigenvalue weighted by Crippen LogP contribution is 2.24. The van der Waals surface area contributed by atoms with E-state index in [1.165, 1.54) is 35.3 Å². The van der Waals surface area contributed by atoms with E-state index in [4.69, 9.17) is 16.7 Å². The first-order valence-electron chi connectivity index (χ1n) is 9.77. The van der Waals surface area contributed by atoms with Crippen molar-refractivity contribution in [2.24, 2.45) is 5.14 Å². The van der Waals surface area contributed by atoms with Crippen LogP contribution in [0.4, 0.5) is 5.69 Å². The molecule has 3 aromatic rings. The Morgan fingerprint density at radius 2 is 1.91 bits per heavy atom. The Kier molecular flexibility index (Phi) is 6.00. The number of hydrogen-bond acceptors (Lipinski definition) is 5. The lowest BCUT2D eigenvalue weighted by Crippen LogP contribution is -2.41. The number of nitrogens with one attached hydrogen (secondary N) is 1. The van der Waals surface area contributed by atoms with E-state index in [1.807, 2.05) is 0 Å². The average molecular weight is 474 g/mol. The van der Waals surface area contributed by atoms with Crippen molar-refractivity contribution < 1.29 is 18.0 Å². The summed E-state index contributed by atoms with van der Waals surface area (Å²) < 4.78 is 25.8. The number of hydrogen-bond donors (Lipinski definition) is 2. The van der Waals surface area contributed by atoms with Gasteiger partial charge in [-0.05, 0) is 36.2 Å². The van der Waals surface area contributed by atoms with Crippen LogP contribution in [0, 0.1) is 0 Å². The van der Waals surface area contributed by atoms with Gasteiger partial charge >= 0.3 is 0 Å². The fourth-order valence-electron chi connectivity index (χ4n) is 3.30. The van der Waals surface area contributed by atoms with Crippen LogP contribution in [0.3, 0.4) is 0 Å². The van der Waals surface area contributed by atoms with E-state index in [9.17, 15) is 18.0 Å². The maximum absolute atomic E-state index is 12.4. The van der Waals surface area contributed by atoms with Gasteiger partial charge in [-0.15, -0.1) is 0 Å². The van der Waals surface area contributed by atoms with Gasteiger partial charge in [0.1, 0.15) is 4.90 Å². The van der Waals surface area contributed by atoms with Crippen LogP contribution >= 0.6 is 11.6 Å². The lowest BCUT2D eigenvalue weighted by molar-refractivity contribution is -0.115. The molecule has 1 aromatic heterocycles. The molecular formula is C21H20ClN5O4S. The normalized spacial score (nSPS) is 13.5. The van der Waals surface area contributed by atoms with Crippen LogP contribution in [0.5, 0.6) is 0 Å². The second-order valence-electron chi connectivity index (χ2n) is 7.36. The van der Waals surface area contributed by atoms with Crippen molar-refractivity contribution in [3.05, 3.63) is 71.0 Å². The third kappa shape index (κ3) is 4.67. The molecule has 0 unspecified atom stereocenters. The number of nitrogens with zero attached hydrogens (tertiary/aromatic N) is 3. The molecular weight excluding hydrogens is 454 g/mol. The van der Waals surface area contributed by atoms with Gasteiger partial charge in [-0.1, -0.05) is 29.8 Å². The summed E-state index contributed by atoms with van der Waals surface area (Å²) in [4.78, 5) is 26.2. The molecule has 3 N–H and O–H groups in total. The Balaban J connectivity index is 1.59. The van der Waals surface area contributed by atoms with Gasteiger partial charge in [0.05, 0.1) is 23.9 Å². The third-order valence-corrected chi connectivity index (χ3v) is 6.39. The zero-order chi connectivity index (χ0) is 22.9. The Hall–Kier alpha value is -3.21. The molecule has 0 bridgehead atoms. The molecule has 0 aliphatic carbocycles. The molecule has 166 valence electrons. The summed E-state index contributed by atoms with van der Waals surface area (Å²) in [5.74, 6) is -0.532. The topological polar surface area (TPSA) is 127 Å². The highest BCUT2D eigenvalue weighted by atomic mass is 35.5. The first-order chi connectivity index (χ1) is 15.2. The molecule has 0 radical (unpaired) electrons. The second-order valence-corrected chi connectivity index (χ2v) is 9.30. The van der Waals surface area contributed by atoms with Crippen molar-refractivity contribution in [2.75, 3.05) is 18.4 Å². The van der Waals surface area contributed by atoms with E-state index in [-0.39, 0.29) is 34.5 Å². The summed E-state index contributed by atoms with van der Waals surface area (Å²) in [6.45, 7) is 1.38. The van der Waals surface area contributed by atoms with Crippen molar-refractivity contribution >= 4 is 39.1 Å². The first-order valence-corrected chi connectivity index (χ1v) is 11.7. The van der Waals surface area contributed by atoms with Gasteiger partial charge in [0, 0.05) is 30.0 Å². The fourth-order valence-corrected chi connectivity index (χ4v) is 4.24. The SMILES string of the molecule is NS(=O)(=O)c1cc(NC(=O)Cc2ccccc2Cl)ccc1-n1cc(C(=O)N2CCC2)cn1. The number of likely N-dealkylation sites (tertiary alicyclic amines) is 1. The van der Waals surface area contributed by atoms with E-state index in [1.54, 1.807) is 29.2 Å². The van der Waals surface area contributed by atoms with E-state index < -0.39 is 10.0 Å². The molecule has 0 saturated carbocycles. The minimum Gasteiger partial charge on any atom is -0.338 e. The number of amides is 2. The Labute approximate surface area is 189 Å². The van der Waals surface area contributed by atoms with Gasteiger partial charge in [0.25, 0.3) is 5.91 Å². The summed E-state index contributed by atoms with van der Waals surface area (Å²) in [5.41, 5.74) is 1.41. The predicted octanol–water partition coefficient (Wildman–Crippen LogP) is 2.20. The molecule has 2 amide bonds. The molecule has 11 heteroatoms. The van der Waals surface area contributed by atoms with E-state index in [0.29, 0.717) is 29.2 Å². The van der Waals surface area contributed by atoms with Crippen molar-refractivity contribution in [2.45, 2.75) is 17.7 Å². The zero-order valence-electron chi connectivity index (χ0n) is 16.9. The molecule has 1 aliphatic rings. The van der Waals surface area contributed by atoms with Crippen LogP contribution < -0.4 is 10.5 Å². The van der Waals surface area contributed by atoms with Crippen LogP contribution in [0.1, 0.15) is 22.3 Å². The average Bonchev–Trinajstić information content (AvgIpc) is 3.18. The number of benzene rings is 2. The van der Waals surface area contributed by atoms with Gasteiger partial charge in [-0.2, -0.15) is 5.10 Å².